The number of hydrogen-bond donors (Lipinski definition) is 1. The second kappa shape index (κ2) is 6.03. The van der Waals surface area contributed by atoms with Gasteiger partial charge in [0.25, 0.3) is 0 Å². The lowest BCUT2D eigenvalue weighted by Gasteiger charge is -2.35. The summed E-state index contributed by atoms with van der Waals surface area (Å²) < 4.78 is 10.6. The van der Waals surface area contributed by atoms with Crippen molar-refractivity contribution >= 4 is 0 Å². The van der Waals surface area contributed by atoms with Crippen molar-refractivity contribution in [2.24, 2.45) is 0 Å². The van der Waals surface area contributed by atoms with Crippen molar-refractivity contribution in [1.29, 1.82) is 0 Å². The van der Waals surface area contributed by atoms with Crippen LogP contribution in [0.2, 0.25) is 0 Å². The summed E-state index contributed by atoms with van der Waals surface area (Å²) in [6.07, 6.45) is 0.925. The van der Waals surface area contributed by atoms with Crippen LogP contribution in [-0.4, -0.2) is 24.9 Å². The molecule has 3 nitrogen and oxygen atoms in total. The topological polar surface area (TPSA) is 38.7 Å². The maximum absolute atomic E-state index is 10.4. The molecule has 1 unspecified atom stereocenters. The summed E-state index contributed by atoms with van der Waals surface area (Å²) in [7, 11) is 3.28. The van der Waals surface area contributed by atoms with Crippen molar-refractivity contribution in [3.05, 3.63) is 29.8 Å². The van der Waals surface area contributed by atoms with Crippen LogP contribution in [-0.2, 0) is 4.74 Å². The van der Waals surface area contributed by atoms with Gasteiger partial charge in [-0.15, -0.1) is 0 Å². The van der Waals surface area contributed by atoms with Crippen LogP contribution in [0.3, 0.4) is 0 Å². The summed E-state index contributed by atoms with van der Waals surface area (Å²) in [6.45, 7) is 4.06. The van der Waals surface area contributed by atoms with E-state index >= 15 is 0 Å². The third kappa shape index (κ3) is 2.79. The van der Waals surface area contributed by atoms with E-state index < -0.39 is 11.7 Å². The third-order valence-corrected chi connectivity index (χ3v) is 3.53. The first-order valence-corrected chi connectivity index (χ1v) is 6.00. The van der Waals surface area contributed by atoms with Crippen LogP contribution in [0.15, 0.2) is 24.3 Å². The van der Waals surface area contributed by atoms with Gasteiger partial charge >= 0.3 is 0 Å². The first-order valence-electron chi connectivity index (χ1n) is 6.00. The van der Waals surface area contributed by atoms with Crippen molar-refractivity contribution in [1.82, 2.24) is 0 Å². The Morgan fingerprint density at radius 3 is 2.00 bits per heavy atom. The zero-order valence-electron chi connectivity index (χ0n) is 11.1. The maximum atomic E-state index is 10.4. The molecule has 17 heavy (non-hydrogen) atoms. The standard InChI is InChI=1S/C14H22O3/c1-5-14(6-2,17-4)13(15)11-7-9-12(16-3)10-8-11/h7-10,13,15H,5-6H2,1-4H3. The average molecular weight is 238 g/mol. The molecule has 0 spiro atoms. The highest BCUT2D eigenvalue weighted by Crippen LogP contribution is 2.35. The van der Waals surface area contributed by atoms with Gasteiger partial charge in [0.15, 0.2) is 0 Å². The lowest BCUT2D eigenvalue weighted by molar-refractivity contribution is -0.109. The predicted molar refractivity (Wildman–Crippen MR) is 68.3 cm³/mol. The summed E-state index contributed by atoms with van der Waals surface area (Å²) in [5.74, 6) is 0.789. The number of hydrogen-bond acceptors (Lipinski definition) is 3. The number of methoxy groups -OCH3 is 2. The van der Waals surface area contributed by atoms with Crippen LogP contribution in [0.25, 0.3) is 0 Å². The third-order valence-electron chi connectivity index (χ3n) is 3.53. The summed E-state index contributed by atoms with van der Waals surface area (Å²) in [6, 6.07) is 7.46. The Kier molecular flexibility index (Phi) is 4.97. The molecular weight excluding hydrogens is 216 g/mol. The van der Waals surface area contributed by atoms with E-state index in [1.807, 2.05) is 38.1 Å². The minimum atomic E-state index is -0.617. The lowest BCUT2D eigenvalue weighted by atomic mass is 9.86. The monoisotopic (exact) mass is 238 g/mol. The highest BCUT2D eigenvalue weighted by atomic mass is 16.5. The lowest BCUT2D eigenvalue weighted by Crippen LogP contribution is -2.37. The molecule has 1 atom stereocenters. The van der Waals surface area contributed by atoms with Gasteiger partial charge in [0.2, 0.25) is 0 Å². The molecule has 0 aliphatic heterocycles. The van der Waals surface area contributed by atoms with Gasteiger partial charge in [-0.1, -0.05) is 26.0 Å². The minimum Gasteiger partial charge on any atom is -0.497 e. The van der Waals surface area contributed by atoms with E-state index in [-0.39, 0.29) is 0 Å². The van der Waals surface area contributed by atoms with Gasteiger partial charge < -0.3 is 14.6 Å². The van der Waals surface area contributed by atoms with Gasteiger partial charge in [-0.2, -0.15) is 0 Å². The van der Waals surface area contributed by atoms with E-state index in [1.54, 1.807) is 14.2 Å². The molecule has 0 heterocycles. The molecule has 0 bridgehead atoms. The van der Waals surface area contributed by atoms with Crippen LogP contribution in [0.1, 0.15) is 38.4 Å². The predicted octanol–water partition coefficient (Wildman–Crippen LogP) is 2.93. The minimum absolute atomic E-state index is 0.505. The smallest absolute Gasteiger partial charge is 0.118 e. The normalized spacial score (nSPS) is 13.5. The summed E-state index contributed by atoms with van der Waals surface area (Å²) in [4.78, 5) is 0. The molecule has 1 N–H and O–H groups in total. The number of rotatable bonds is 6. The van der Waals surface area contributed by atoms with Gasteiger partial charge in [-0.25, -0.2) is 0 Å². The first kappa shape index (κ1) is 14.0. The van der Waals surface area contributed by atoms with E-state index in [0.717, 1.165) is 24.2 Å². The fraction of sp³-hybridized carbons (Fsp3) is 0.571. The second-order valence-electron chi connectivity index (χ2n) is 4.15. The van der Waals surface area contributed by atoms with Crippen molar-refractivity contribution < 1.29 is 14.6 Å². The van der Waals surface area contributed by atoms with Gasteiger partial charge in [0.05, 0.1) is 12.7 Å². The Morgan fingerprint density at radius 2 is 1.65 bits per heavy atom. The van der Waals surface area contributed by atoms with E-state index in [4.69, 9.17) is 9.47 Å². The summed E-state index contributed by atoms with van der Waals surface area (Å²) >= 11 is 0. The zero-order chi connectivity index (χ0) is 12.9. The molecule has 0 saturated carbocycles. The molecule has 0 saturated heterocycles. The molecule has 1 aromatic carbocycles. The van der Waals surface area contributed by atoms with Crippen molar-refractivity contribution in [3.63, 3.8) is 0 Å². The SMILES string of the molecule is CCC(CC)(OC)C(O)c1ccc(OC)cc1. The van der Waals surface area contributed by atoms with Crippen molar-refractivity contribution in [3.8, 4) is 5.75 Å². The van der Waals surface area contributed by atoms with Gasteiger partial charge in [-0.05, 0) is 30.5 Å². The Morgan fingerprint density at radius 1 is 1.12 bits per heavy atom. The van der Waals surface area contributed by atoms with Crippen LogP contribution in [0, 0.1) is 0 Å². The molecule has 3 heteroatoms. The number of benzene rings is 1. The van der Waals surface area contributed by atoms with E-state index in [1.165, 1.54) is 0 Å². The Balaban J connectivity index is 2.96. The maximum Gasteiger partial charge on any atom is 0.118 e. The van der Waals surface area contributed by atoms with Crippen LogP contribution in [0.5, 0.6) is 5.75 Å². The van der Waals surface area contributed by atoms with E-state index in [0.29, 0.717) is 0 Å². The number of ether oxygens (including phenoxy) is 2. The largest absolute Gasteiger partial charge is 0.497 e. The van der Waals surface area contributed by atoms with Crippen molar-refractivity contribution in [2.75, 3.05) is 14.2 Å². The van der Waals surface area contributed by atoms with Gasteiger partial charge in [-0.3, -0.25) is 0 Å². The van der Waals surface area contributed by atoms with Gasteiger partial charge in [0, 0.05) is 7.11 Å². The van der Waals surface area contributed by atoms with Crippen LogP contribution < -0.4 is 4.74 Å². The highest BCUT2D eigenvalue weighted by molar-refractivity contribution is 5.29. The second-order valence-corrected chi connectivity index (χ2v) is 4.15. The molecule has 1 rings (SSSR count). The van der Waals surface area contributed by atoms with Crippen LogP contribution in [0.4, 0.5) is 0 Å². The molecular formula is C14H22O3. The van der Waals surface area contributed by atoms with Crippen LogP contribution >= 0.6 is 0 Å². The van der Waals surface area contributed by atoms with E-state index in [2.05, 4.69) is 0 Å². The fourth-order valence-corrected chi connectivity index (χ4v) is 2.13. The Bertz CT molecular complexity index is 320. The van der Waals surface area contributed by atoms with E-state index in [9.17, 15) is 5.11 Å². The molecule has 0 aliphatic rings. The molecule has 96 valence electrons. The summed E-state index contributed by atoms with van der Waals surface area (Å²) in [5, 5.41) is 10.4. The van der Waals surface area contributed by atoms with Gasteiger partial charge in [0.1, 0.15) is 11.9 Å². The molecule has 0 radical (unpaired) electrons. The number of aliphatic hydroxyl groups excluding tert-OH is 1. The highest BCUT2D eigenvalue weighted by Gasteiger charge is 2.35. The molecule has 0 aromatic heterocycles. The van der Waals surface area contributed by atoms with Crippen molar-refractivity contribution in [2.45, 2.75) is 38.4 Å². The Hall–Kier alpha value is -1.06. The summed E-state index contributed by atoms with van der Waals surface area (Å²) in [5.41, 5.74) is 0.352. The number of aliphatic hydroxyl groups is 1. The molecule has 1 aromatic rings. The quantitative estimate of drug-likeness (QED) is 0.828. The molecule has 0 amide bonds. The zero-order valence-corrected chi connectivity index (χ0v) is 11.1. The Labute approximate surface area is 103 Å². The molecule has 0 aliphatic carbocycles. The fourth-order valence-electron chi connectivity index (χ4n) is 2.13. The average Bonchev–Trinajstić information content (AvgIpc) is 2.41. The first-order chi connectivity index (χ1) is 8.13. The molecule has 0 fully saturated rings.